The molecule has 3 N–H and O–H groups in total. The topological polar surface area (TPSA) is 117 Å². The summed E-state index contributed by atoms with van der Waals surface area (Å²) in [4.78, 5) is 27.7. The number of benzene rings is 2. The molecule has 150 valence electrons. The molecule has 8 nitrogen and oxygen atoms in total. The number of rotatable bonds is 7. The van der Waals surface area contributed by atoms with Crippen molar-refractivity contribution in [2.75, 3.05) is 13.2 Å². The minimum Gasteiger partial charge on any atom is -0.508 e. The number of carbonyl (C=O) groups is 2. The Hall–Kier alpha value is -3.46. The van der Waals surface area contributed by atoms with Crippen molar-refractivity contribution in [3.8, 4) is 17.2 Å². The minimum absolute atomic E-state index is 0.0885. The molecule has 0 atom stereocenters. The molecule has 2 aromatic rings. The summed E-state index contributed by atoms with van der Waals surface area (Å²) in [6, 6.07) is 11.4. The van der Waals surface area contributed by atoms with E-state index < -0.39 is 12.6 Å². The molecule has 3 rings (SSSR count). The zero-order valence-corrected chi connectivity index (χ0v) is 16.2. The fourth-order valence-electron chi connectivity index (χ4n) is 2.45. The second-order valence-corrected chi connectivity index (χ2v) is 6.85. The summed E-state index contributed by atoms with van der Waals surface area (Å²) in [5.41, 5.74) is 1.21. The number of amidine groups is 1. The molecule has 1 heterocycles. The van der Waals surface area contributed by atoms with Crippen molar-refractivity contribution in [2.45, 2.75) is 6.92 Å². The molecule has 0 aliphatic carbocycles. The summed E-state index contributed by atoms with van der Waals surface area (Å²) in [7, 11) is 0. The molecule has 1 fully saturated rings. The maximum atomic E-state index is 12.2. The molecular formula is C20H18N2O6S. The second kappa shape index (κ2) is 9.16. The number of aliphatic imine (C=N–C) groups is 1. The van der Waals surface area contributed by atoms with Gasteiger partial charge in [0, 0.05) is 6.07 Å². The van der Waals surface area contributed by atoms with Crippen LogP contribution in [0.25, 0.3) is 6.08 Å². The van der Waals surface area contributed by atoms with Crippen LogP contribution in [0.2, 0.25) is 0 Å². The molecule has 1 aliphatic heterocycles. The quantitative estimate of drug-likeness (QED) is 0.596. The molecule has 9 heteroatoms. The van der Waals surface area contributed by atoms with Gasteiger partial charge >= 0.3 is 5.97 Å². The van der Waals surface area contributed by atoms with Crippen LogP contribution in [-0.4, -0.2) is 40.5 Å². The standard InChI is InChI=1S/C20H18N2O6S/c1-2-27-16-8-12(6-7-15(16)28-11-18(24)25)9-17-19(26)22-20(29-17)21-13-4-3-5-14(23)10-13/h3-10,23H,2,11H2,1H3,(H,24,25)(H,21,22,26)/b17-9+. The highest BCUT2D eigenvalue weighted by Gasteiger charge is 2.24. The lowest BCUT2D eigenvalue weighted by molar-refractivity contribution is -0.139. The van der Waals surface area contributed by atoms with E-state index in [0.717, 1.165) is 0 Å². The molecule has 1 saturated heterocycles. The number of hydrogen-bond acceptors (Lipinski definition) is 7. The third-order valence-corrected chi connectivity index (χ3v) is 4.54. The minimum atomic E-state index is -1.09. The highest BCUT2D eigenvalue weighted by atomic mass is 32.2. The van der Waals surface area contributed by atoms with Gasteiger partial charge in [0.05, 0.1) is 17.2 Å². The van der Waals surface area contributed by atoms with Crippen LogP contribution in [0.4, 0.5) is 5.69 Å². The van der Waals surface area contributed by atoms with Gasteiger partial charge in [-0.05, 0) is 54.6 Å². The fraction of sp³-hybridized carbons (Fsp3) is 0.150. The average molecular weight is 414 g/mol. The van der Waals surface area contributed by atoms with E-state index in [-0.39, 0.29) is 11.7 Å². The van der Waals surface area contributed by atoms with Gasteiger partial charge in [-0.25, -0.2) is 9.79 Å². The van der Waals surface area contributed by atoms with Gasteiger partial charge in [0.1, 0.15) is 5.75 Å². The number of aromatic hydroxyl groups is 1. The van der Waals surface area contributed by atoms with E-state index in [9.17, 15) is 14.7 Å². The smallest absolute Gasteiger partial charge is 0.341 e. The van der Waals surface area contributed by atoms with Crippen molar-refractivity contribution in [3.05, 3.63) is 52.9 Å². The molecule has 0 spiro atoms. The summed E-state index contributed by atoms with van der Waals surface area (Å²) >= 11 is 1.17. The molecule has 2 aromatic carbocycles. The van der Waals surface area contributed by atoms with E-state index in [2.05, 4.69) is 10.3 Å². The zero-order valence-electron chi connectivity index (χ0n) is 15.4. The molecule has 1 amide bonds. The van der Waals surface area contributed by atoms with Crippen molar-refractivity contribution in [1.29, 1.82) is 0 Å². The summed E-state index contributed by atoms with van der Waals surface area (Å²) in [6.07, 6.45) is 1.68. The first-order chi connectivity index (χ1) is 13.9. The first-order valence-electron chi connectivity index (χ1n) is 8.64. The highest BCUT2D eigenvalue weighted by molar-refractivity contribution is 8.18. The number of ether oxygens (including phenoxy) is 2. The maximum absolute atomic E-state index is 12.2. The highest BCUT2D eigenvalue weighted by Crippen LogP contribution is 2.32. The predicted molar refractivity (Wildman–Crippen MR) is 110 cm³/mol. The van der Waals surface area contributed by atoms with Gasteiger partial charge < -0.3 is 25.0 Å². The van der Waals surface area contributed by atoms with Crippen LogP contribution in [0.3, 0.4) is 0 Å². The molecule has 0 saturated carbocycles. The molecule has 0 bridgehead atoms. The Morgan fingerprint density at radius 2 is 2.03 bits per heavy atom. The fourth-order valence-corrected chi connectivity index (χ4v) is 3.30. The molecular weight excluding hydrogens is 396 g/mol. The Labute approximate surface area is 170 Å². The lowest BCUT2D eigenvalue weighted by Gasteiger charge is -2.11. The Bertz CT molecular complexity index is 1000. The van der Waals surface area contributed by atoms with Crippen LogP contribution in [0.1, 0.15) is 12.5 Å². The van der Waals surface area contributed by atoms with Gasteiger partial charge in [-0.3, -0.25) is 4.79 Å². The van der Waals surface area contributed by atoms with Gasteiger partial charge in [-0.15, -0.1) is 0 Å². The molecule has 0 aromatic heterocycles. The number of phenols is 1. The van der Waals surface area contributed by atoms with E-state index >= 15 is 0 Å². The number of carboxylic acids is 1. The molecule has 1 aliphatic rings. The van der Waals surface area contributed by atoms with Crippen LogP contribution in [-0.2, 0) is 9.59 Å². The van der Waals surface area contributed by atoms with E-state index in [4.69, 9.17) is 14.6 Å². The maximum Gasteiger partial charge on any atom is 0.341 e. The normalized spacial score (nSPS) is 16.1. The SMILES string of the molecule is CCOc1cc(/C=C2/SC(=Nc3cccc(O)c3)NC2=O)ccc1OCC(=O)O. The molecule has 0 radical (unpaired) electrons. The number of phenolic OH excluding ortho intramolecular Hbond substituents is 1. The third-order valence-electron chi connectivity index (χ3n) is 3.63. The van der Waals surface area contributed by atoms with E-state index in [0.29, 0.717) is 39.4 Å². The summed E-state index contributed by atoms with van der Waals surface area (Å²) in [5.74, 6) is -0.592. The summed E-state index contributed by atoms with van der Waals surface area (Å²) < 4.78 is 10.7. The van der Waals surface area contributed by atoms with Crippen molar-refractivity contribution in [3.63, 3.8) is 0 Å². The summed E-state index contributed by atoms with van der Waals surface area (Å²) in [5, 5.41) is 21.4. The number of nitrogens with one attached hydrogen (secondary N) is 1. The zero-order chi connectivity index (χ0) is 20.8. The lowest BCUT2D eigenvalue weighted by Crippen LogP contribution is -2.19. The monoisotopic (exact) mass is 414 g/mol. The number of carbonyl (C=O) groups excluding carboxylic acids is 1. The van der Waals surface area contributed by atoms with Crippen LogP contribution in [0.15, 0.2) is 52.4 Å². The van der Waals surface area contributed by atoms with Crippen LogP contribution in [0, 0.1) is 0 Å². The van der Waals surface area contributed by atoms with Crippen molar-refractivity contribution in [2.24, 2.45) is 4.99 Å². The Morgan fingerprint density at radius 3 is 2.76 bits per heavy atom. The van der Waals surface area contributed by atoms with Gasteiger partial charge in [0.2, 0.25) is 0 Å². The van der Waals surface area contributed by atoms with E-state index in [1.54, 1.807) is 43.3 Å². The third kappa shape index (κ3) is 5.52. The van der Waals surface area contributed by atoms with Gasteiger partial charge in [0.25, 0.3) is 5.91 Å². The first-order valence-corrected chi connectivity index (χ1v) is 9.46. The first kappa shape index (κ1) is 20.3. The number of nitrogens with zero attached hydrogens (tertiary/aromatic N) is 1. The summed E-state index contributed by atoms with van der Waals surface area (Å²) in [6.45, 7) is 1.70. The number of aliphatic carboxylic acids is 1. The Kier molecular flexibility index (Phi) is 6.40. The van der Waals surface area contributed by atoms with Gasteiger partial charge in [0.15, 0.2) is 23.3 Å². The molecule has 0 unspecified atom stereocenters. The van der Waals surface area contributed by atoms with Crippen LogP contribution in [0.5, 0.6) is 17.2 Å². The number of amides is 1. The number of carboxylic acid groups (broad SMARTS) is 1. The van der Waals surface area contributed by atoms with Crippen LogP contribution < -0.4 is 14.8 Å². The van der Waals surface area contributed by atoms with Crippen molar-refractivity contribution in [1.82, 2.24) is 5.32 Å². The number of hydrogen-bond donors (Lipinski definition) is 3. The lowest BCUT2D eigenvalue weighted by atomic mass is 10.2. The van der Waals surface area contributed by atoms with Gasteiger partial charge in [-0.1, -0.05) is 12.1 Å². The van der Waals surface area contributed by atoms with Crippen molar-refractivity contribution >= 4 is 40.6 Å². The van der Waals surface area contributed by atoms with E-state index in [1.165, 1.54) is 23.9 Å². The second-order valence-electron chi connectivity index (χ2n) is 5.82. The average Bonchev–Trinajstić information content (AvgIpc) is 3.00. The van der Waals surface area contributed by atoms with Crippen LogP contribution >= 0.6 is 11.8 Å². The van der Waals surface area contributed by atoms with Crippen molar-refractivity contribution < 1.29 is 29.3 Å². The Balaban J connectivity index is 1.81. The molecule has 29 heavy (non-hydrogen) atoms. The largest absolute Gasteiger partial charge is 0.508 e. The van der Waals surface area contributed by atoms with E-state index in [1.807, 2.05) is 0 Å². The predicted octanol–water partition coefficient (Wildman–Crippen LogP) is 3.15. The van der Waals surface area contributed by atoms with Gasteiger partial charge in [-0.2, -0.15) is 0 Å². The Morgan fingerprint density at radius 1 is 1.21 bits per heavy atom. The number of thioether (sulfide) groups is 1.